The third-order valence-corrected chi connectivity index (χ3v) is 7.58. The van der Waals surface area contributed by atoms with Gasteiger partial charge in [0.1, 0.15) is 0 Å². The molecule has 27 heavy (non-hydrogen) atoms. The number of rotatable bonds is 20. The summed E-state index contributed by atoms with van der Waals surface area (Å²) in [6.07, 6.45) is 19.0. The van der Waals surface area contributed by atoms with Crippen molar-refractivity contribution in [1.82, 2.24) is 0 Å². The van der Waals surface area contributed by atoms with Crippen LogP contribution in [0, 0.1) is 0 Å². The molecule has 0 fully saturated rings. The molecule has 6 heteroatoms. The first-order valence-electron chi connectivity index (χ1n) is 11.4. The Bertz CT molecular complexity index is 370. The van der Waals surface area contributed by atoms with Gasteiger partial charge in [0, 0.05) is 0 Å². The van der Waals surface area contributed by atoms with E-state index in [0.29, 0.717) is 13.2 Å². The number of phosphoric acid groups is 1. The summed E-state index contributed by atoms with van der Waals surface area (Å²) in [7, 11) is -5.09. The summed E-state index contributed by atoms with van der Waals surface area (Å²) in [6.45, 7) is 9.56. The summed E-state index contributed by atoms with van der Waals surface area (Å²) in [5.74, 6) is 0. The zero-order chi connectivity index (χ0) is 20.4. The number of hydrogen-bond donors (Lipinski definition) is 1. The van der Waals surface area contributed by atoms with Gasteiger partial charge in [-0.2, -0.15) is 0 Å². The van der Waals surface area contributed by atoms with Crippen molar-refractivity contribution in [2.24, 2.45) is 0 Å². The molecule has 0 radical (unpaired) electrons. The number of hydrogen-bond acceptors (Lipinski definition) is 3. The predicted octanol–water partition coefficient (Wildman–Crippen LogP) is 7.24. The van der Waals surface area contributed by atoms with Gasteiger partial charge >= 0.3 is 111 Å². The average Bonchev–Trinajstić information content (AvgIpc) is 2.57. The summed E-state index contributed by atoms with van der Waals surface area (Å²) < 4.78 is 21.9. The minimum atomic E-state index is -3.84. The molecule has 166 valence electrons. The Morgan fingerprint density at radius 1 is 0.667 bits per heavy atom. The van der Waals surface area contributed by atoms with Crippen molar-refractivity contribution in [3.05, 3.63) is 0 Å². The fourth-order valence-electron chi connectivity index (χ4n) is 2.98. The van der Waals surface area contributed by atoms with Crippen LogP contribution in [-0.2, 0) is 13.6 Å². The van der Waals surface area contributed by atoms with Gasteiger partial charge in [0.2, 0.25) is 0 Å². The summed E-state index contributed by atoms with van der Waals surface area (Å²) >= 11 is 0. The Hall–Kier alpha value is 0.540. The second-order valence-electron chi connectivity index (χ2n) is 9.04. The first kappa shape index (κ1) is 27.5. The zero-order valence-corrected chi connectivity index (χ0v) is 20.5. The fraction of sp³-hybridized carbons (Fsp3) is 1.00. The Balaban J connectivity index is 3.31. The predicted molar refractivity (Wildman–Crippen MR) is 123 cm³/mol. The molecule has 0 saturated heterocycles. The molecule has 0 aromatic rings. The van der Waals surface area contributed by atoms with E-state index in [1.807, 2.05) is 0 Å². The molecule has 1 atom stereocenters. The molecule has 0 heterocycles. The molecule has 0 amide bonds. The fourth-order valence-corrected chi connectivity index (χ4v) is 4.62. The molecule has 0 rings (SSSR count). The Morgan fingerprint density at radius 3 is 1.44 bits per heavy atom. The standard InChI is InChI=1S/C21H48O4P2/c1-5-6-7-8-9-10-11-12-13-14-15-16-17-18-19-24-27(22,23)25-20-21-26(2,3)4/h26H,5-21H2,1-4H3,(H,22,23). The Morgan fingerprint density at radius 2 is 1.04 bits per heavy atom. The van der Waals surface area contributed by atoms with Crippen LogP contribution in [0.5, 0.6) is 0 Å². The van der Waals surface area contributed by atoms with Crippen LogP contribution in [0.2, 0.25) is 0 Å². The van der Waals surface area contributed by atoms with Crippen molar-refractivity contribution in [2.75, 3.05) is 39.4 Å². The van der Waals surface area contributed by atoms with Crippen molar-refractivity contribution in [2.45, 2.75) is 96.8 Å². The van der Waals surface area contributed by atoms with Gasteiger partial charge in [-0.25, -0.2) is 0 Å². The molecule has 0 aromatic carbocycles. The first-order chi connectivity index (χ1) is 12.8. The van der Waals surface area contributed by atoms with Crippen LogP contribution in [0.15, 0.2) is 0 Å². The quantitative estimate of drug-likeness (QED) is 0.165. The first-order valence-corrected chi connectivity index (χ1v) is 16.6. The summed E-state index contributed by atoms with van der Waals surface area (Å²) in [6, 6.07) is 0. The molecule has 0 aliphatic heterocycles. The molecule has 0 bridgehead atoms. The van der Waals surface area contributed by atoms with E-state index >= 15 is 0 Å². The van der Waals surface area contributed by atoms with E-state index in [1.54, 1.807) is 0 Å². The second kappa shape index (κ2) is 17.4. The van der Waals surface area contributed by atoms with Crippen LogP contribution in [0.4, 0.5) is 0 Å². The third kappa shape index (κ3) is 22.7. The molecule has 1 N–H and O–H groups in total. The molecule has 0 aliphatic rings. The summed E-state index contributed by atoms with van der Waals surface area (Å²) in [4.78, 5) is 9.64. The van der Waals surface area contributed by atoms with Gasteiger partial charge in [-0.3, -0.25) is 0 Å². The van der Waals surface area contributed by atoms with E-state index in [4.69, 9.17) is 9.05 Å². The molecular formula is C21H48O4P2. The number of phosphoric ester groups is 1. The van der Waals surface area contributed by atoms with Gasteiger partial charge in [-0.1, -0.05) is 58.3 Å². The SMILES string of the molecule is CCCCCCCCCCCCCCCCOP(=O)(O)OCC[PH](C)(C)C. The molecule has 0 aliphatic carbocycles. The average molecular weight is 427 g/mol. The van der Waals surface area contributed by atoms with Gasteiger partial charge in [0.25, 0.3) is 0 Å². The topological polar surface area (TPSA) is 55.8 Å². The van der Waals surface area contributed by atoms with Crippen LogP contribution < -0.4 is 0 Å². The molecule has 1 unspecified atom stereocenters. The van der Waals surface area contributed by atoms with Crippen LogP contribution >= 0.6 is 15.1 Å². The van der Waals surface area contributed by atoms with Gasteiger partial charge in [-0.15, -0.1) is 0 Å². The van der Waals surface area contributed by atoms with E-state index < -0.39 is 15.1 Å². The van der Waals surface area contributed by atoms with Gasteiger partial charge < -0.3 is 0 Å². The van der Waals surface area contributed by atoms with Crippen molar-refractivity contribution in [3.63, 3.8) is 0 Å². The summed E-state index contributed by atoms with van der Waals surface area (Å²) in [5, 5.41) is 0. The van der Waals surface area contributed by atoms with Crippen molar-refractivity contribution < 1.29 is 18.5 Å². The maximum absolute atomic E-state index is 11.8. The molecule has 0 saturated carbocycles. The second-order valence-corrected chi connectivity index (χ2v) is 16.1. The van der Waals surface area contributed by atoms with Crippen molar-refractivity contribution >= 4 is 15.1 Å². The third-order valence-electron chi connectivity index (χ3n) is 4.86. The van der Waals surface area contributed by atoms with E-state index in [-0.39, 0.29) is 0 Å². The molecule has 0 aromatic heterocycles. The summed E-state index contributed by atoms with van der Waals surface area (Å²) in [5.41, 5.74) is 0. The monoisotopic (exact) mass is 426 g/mol. The van der Waals surface area contributed by atoms with E-state index in [1.165, 1.54) is 77.0 Å². The maximum atomic E-state index is 11.8. The number of unbranched alkanes of at least 4 members (excludes halogenated alkanes) is 13. The van der Waals surface area contributed by atoms with Crippen LogP contribution in [0.1, 0.15) is 96.8 Å². The Labute approximate surface area is 170 Å². The van der Waals surface area contributed by atoms with Gasteiger partial charge in [-0.05, 0) is 0 Å². The van der Waals surface area contributed by atoms with Crippen LogP contribution in [0.25, 0.3) is 0 Å². The normalized spacial score (nSPS) is 15.0. The zero-order valence-electron chi connectivity index (χ0n) is 18.6. The van der Waals surface area contributed by atoms with Crippen LogP contribution in [0.3, 0.4) is 0 Å². The molecule has 4 nitrogen and oxygen atoms in total. The van der Waals surface area contributed by atoms with Gasteiger partial charge in [0.05, 0.1) is 0 Å². The minimum absolute atomic E-state index is 0.318. The Kier molecular flexibility index (Phi) is 17.8. The van der Waals surface area contributed by atoms with E-state index in [0.717, 1.165) is 19.0 Å². The van der Waals surface area contributed by atoms with Crippen molar-refractivity contribution in [3.8, 4) is 0 Å². The van der Waals surface area contributed by atoms with Crippen molar-refractivity contribution in [1.29, 1.82) is 0 Å². The molecule has 0 spiro atoms. The van der Waals surface area contributed by atoms with E-state index in [2.05, 4.69) is 26.9 Å². The van der Waals surface area contributed by atoms with Gasteiger partial charge in [0.15, 0.2) is 0 Å². The van der Waals surface area contributed by atoms with Crippen LogP contribution in [-0.4, -0.2) is 44.3 Å². The van der Waals surface area contributed by atoms with E-state index in [9.17, 15) is 9.46 Å². The molecular weight excluding hydrogens is 378 g/mol.